The van der Waals surface area contributed by atoms with Crippen LogP contribution in [-0.4, -0.2) is 19.2 Å². The molecule has 1 amide bonds. The molecule has 0 saturated carbocycles. The summed E-state index contributed by atoms with van der Waals surface area (Å²) in [7, 11) is -4.33. The fourth-order valence-electron chi connectivity index (χ4n) is 3.28. The number of nitrogens with zero attached hydrogens (tertiary/aromatic N) is 2. The van der Waals surface area contributed by atoms with Gasteiger partial charge in [-0.15, -0.1) is 0 Å². The van der Waals surface area contributed by atoms with Crippen LogP contribution >= 0.6 is 0 Å². The standard InChI is InChI=1S/C24H24N2O5S/c1-3-4-7-19-12-14-20(15-13-19)25(32(30,31)21-16-10-18(2)11-17-21)24(27)22-8-5-6-9-23(22)26(28)29/h5-6,8-17H,3-4,7H2,1-2H3. The number of sulfonamides is 1. The van der Waals surface area contributed by atoms with E-state index in [-0.39, 0.29) is 16.1 Å². The molecule has 32 heavy (non-hydrogen) atoms. The van der Waals surface area contributed by atoms with Crippen LogP contribution in [0.2, 0.25) is 0 Å². The summed E-state index contributed by atoms with van der Waals surface area (Å²) < 4.78 is 27.7. The number of rotatable bonds is 8. The lowest BCUT2D eigenvalue weighted by Gasteiger charge is -2.23. The van der Waals surface area contributed by atoms with Crippen LogP contribution in [0, 0.1) is 17.0 Å². The van der Waals surface area contributed by atoms with Gasteiger partial charge in [-0.05, 0) is 55.7 Å². The fourth-order valence-corrected chi connectivity index (χ4v) is 4.69. The van der Waals surface area contributed by atoms with Gasteiger partial charge in [-0.25, -0.2) is 8.42 Å². The maximum absolute atomic E-state index is 13.5. The Kier molecular flexibility index (Phi) is 7.05. The molecule has 0 aromatic heterocycles. The van der Waals surface area contributed by atoms with E-state index in [1.54, 1.807) is 36.4 Å². The topological polar surface area (TPSA) is 97.6 Å². The van der Waals surface area contributed by atoms with E-state index < -0.39 is 26.5 Å². The summed E-state index contributed by atoms with van der Waals surface area (Å²) in [4.78, 5) is 24.2. The Hall–Kier alpha value is -3.52. The lowest BCUT2D eigenvalue weighted by atomic mass is 10.1. The molecule has 0 fully saturated rings. The molecule has 0 bridgehead atoms. The highest BCUT2D eigenvalue weighted by Gasteiger charge is 2.35. The number of anilines is 1. The molecule has 3 rings (SSSR count). The van der Waals surface area contributed by atoms with E-state index in [0.717, 1.165) is 30.4 Å². The molecule has 3 aromatic carbocycles. The molecule has 8 heteroatoms. The second-order valence-electron chi connectivity index (χ2n) is 7.43. The van der Waals surface area contributed by atoms with Crippen LogP contribution in [0.1, 0.15) is 41.3 Å². The van der Waals surface area contributed by atoms with Gasteiger partial charge in [0.25, 0.3) is 21.6 Å². The number of para-hydroxylation sites is 1. The van der Waals surface area contributed by atoms with E-state index in [2.05, 4.69) is 6.92 Å². The first-order valence-corrected chi connectivity index (χ1v) is 11.7. The van der Waals surface area contributed by atoms with E-state index in [0.29, 0.717) is 4.31 Å². The van der Waals surface area contributed by atoms with Crippen LogP contribution in [-0.2, 0) is 16.4 Å². The Morgan fingerprint density at radius 3 is 2.19 bits per heavy atom. The van der Waals surface area contributed by atoms with E-state index in [4.69, 9.17) is 0 Å². The zero-order valence-corrected chi connectivity index (χ0v) is 18.7. The number of aryl methyl sites for hydroxylation is 2. The molecular formula is C24H24N2O5S. The van der Waals surface area contributed by atoms with Gasteiger partial charge in [0.15, 0.2) is 0 Å². The molecule has 0 heterocycles. The normalized spacial score (nSPS) is 11.2. The lowest BCUT2D eigenvalue weighted by molar-refractivity contribution is -0.385. The van der Waals surface area contributed by atoms with E-state index in [1.165, 1.54) is 36.4 Å². The molecule has 166 valence electrons. The number of unbranched alkanes of at least 4 members (excludes halogenated alkanes) is 1. The molecule has 7 nitrogen and oxygen atoms in total. The van der Waals surface area contributed by atoms with E-state index in [1.807, 2.05) is 6.92 Å². The molecule has 0 radical (unpaired) electrons. The van der Waals surface area contributed by atoms with Crippen LogP contribution < -0.4 is 4.31 Å². The number of benzene rings is 3. The van der Waals surface area contributed by atoms with Crippen molar-refractivity contribution in [3.05, 3.63) is 99.6 Å². The Balaban J connectivity index is 2.15. The molecule has 0 aliphatic heterocycles. The number of carbonyl (C=O) groups is 1. The molecule has 3 aromatic rings. The minimum absolute atomic E-state index is 0.0786. The van der Waals surface area contributed by atoms with Crippen LogP contribution in [0.15, 0.2) is 77.7 Å². The summed E-state index contributed by atoms with van der Waals surface area (Å²) in [6, 6.07) is 18.1. The summed E-state index contributed by atoms with van der Waals surface area (Å²) in [6.07, 6.45) is 2.84. The van der Waals surface area contributed by atoms with Gasteiger partial charge in [0.1, 0.15) is 5.56 Å². The summed E-state index contributed by atoms with van der Waals surface area (Å²) in [6.45, 7) is 3.90. The van der Waals surface area contributed by atoms with Crippen LogP contribution in [0.4, 0.5) is 11.4 Å². The first-order chi connectivity index (χ1) is 15.3. The lowest BCUT2D eigenvalue weighted by Crippen LogP contribution is -2.37. The molecule has 0 saturated heterocycles. The predicted octanol–water partition coefficient (Wildman–Crippen LogP) is 5.28. The average Bonchev–Trinajstić information content (AvgIpc) is 2.78. The molecule has 0 unspecified atom stereocenters. The Bertz CT molecular complexity index is 1220. The predicted molar refractivity (Wildman–Crippen MR) is 123 cm³/mol. The second kappa shape index (κ2) is 9.74. The summed E-state index contributed by atoms with van der Waals surface area (Å²) in [5.41, 5.74) is 1.24. The van der Waals surface area contributed by atoms with Crippen molar-refractivity contribution in [2.75, 3.05) is 4.31 Å². The number of nitro benzene ring substituents is 1. The van der Waals surface area contributed by atoms with Crippen LogP contribution in [0.5, 0.6) is 0 Å². The van der Waals surface area contributed by atoms with E-state index >= 15 is 0 Å². The van der Waals surface area contributed by atoms with Gasteiger partial charge in [0.05, 0.1) is 15.5 Å². The zero-order valence-electron chi connectivity index (χ0n) is 17.9. The van der Waals surface area contributed by atoms with Crippen molar-refractivity contribution < 1.29 is 18.1 Å². The van der Waals surface area contributed by atoms with Crippen molar-refractivity contribution in [1.29, 1.82) is 0 Å². The van der Waals surface area contributed by atoms with Crippen molar-refractivity contribution in [2.45, 2.75) is 38.0 Å². The quantitative estimate of drug-likeness (QED) is 0.342. The first kappa shape index (κ1) is 23.1. The fraction of sp³-hybridized carbons (Fsp3) is 0.208. The van der Waals surface area contributed by atoms with Gasteiger partial charge >= 0.3 is 0 Å². The van der Waals surface area contributed by atoms with Gasteiger partial charge < -0.3 is 0 Å². The molecule has 0 aliphatic rings. The summed E-state index contributed by atoms with van der Waals surface area (Å²) >= 11 is 0. The number of amides is 1. The van der Waals surface area contributed by atoms with E-state index in [9.17, 15) is 23.3 Å². The maximum atomic E-state index is 13.5. The first-order valence-electron chi connectivity index (χ1n) is 10.2. The van der Waals surface area contributed by atoms with Gasteiger partial charge in [-0.2, -0.15) is 4.31 Å². The van der Waals surface area contributed by atoms with Gasteiger partial charge in [0, 0.05) is 6.07 Å². The van der Waals surface area contributed by atoms with Crippen molar-refractivity contribution in [2.24, 2.45) is 0 Å². The molecule has 0 spiro atoms. The highest BCUT2D eigenvalue weighted by atomic mass is 32.2. The molecular weight excluding hydrogens is 428 g/mol. The Labute approximate surface area is 187 Å². The minimum Gasteiger partial charge on any atom is -0.267 e. The Morgan fingerprint density at radius 1 is 0.969 bits per heavy atom. The maximum Gasteiger partial charge on any atom is 0.282 e. The van der Waals surface area contributed by atoms with Gasteiger partial charge in [-0.3, -0.25) is 14.9 Å². The van der Waals surface area contributed by atoms with Crippen molar-refractivity contribution >= 4 is 27.3 Å². The molecule has 0 atom stereocenters. The second-order valence-corrected chi connectivity index (χ2v) is 9.22. The van der Waals surface area contributed by atoms with Crippen molar-refractivity contribution in [3.63, 3.8) is 0 Å². The smallest absolute Gasteiger partial charge is 0.267 e. The third kappa shape index (κ3) is 4.86. The van der Waals surface area contributed by atoms with Gasteiger partial charge in [0.2, 0.25) is 0 Å². The van der Waals surface area contributed by atoms with Crippen LogP contribution in [0.3, 0.4) is 0 Å². The third-order valence-electron chi connectivity index (χ3n) is 5.06. The average molecular weight is 453 g/mol. The number of hydrogen-bond acceptors (Lipinski definition) is 5. The number of nitro groups is 1. The highest BCUT2D eigenvalue weighted by molar-refractivity contribution is 7.93. The third-order valence-corrected chi connectivity index (χ3v) is 6.79. The van der Waals surface area contributed by atoms with Crippen molar-refractivity contribution in [1.82, 2.24) is 0 Å². The largest absolute Gasteiger partial charge is 0.282 e. The van der Waals surface area contributed by atoms with Gasteiger partial charge in [-0.1, -0.05) is 55.3 Å². The Morgan fingerprint density at radius 2 is 1.59 bits per heavy atom. The zero-order chi connectivity index (χ0) is 23.3. The SMILES string of the molecule is CCCCc1ccc(N(C(=O)c2ccccc2[N+](=O)[O-])S(=O)(=O)c2ccc(C)cc2)cc1. The highest BCUT2D eigenvalue weighted by Crippen LogP contribution is 2.29. The monoisotopic (exact) mass is 452 g/mol. The molecule has 0 aliphatic carbocycles. The molecule has 0 N–H and O–H groups in total. The minimum atomic E-state index is -4.33. The summed E-state index contributed by atoms with van der Waals surface area (Å²) in [5, 5.41) is 11.5. The van der Waals surface area contributed by atoms with Crippen LogP contribution in [0.25, 0.3) is 0 Å². The van der Waals surface area contributed by atoms with Crippen molar-refractivity contribution in [3.8, 4) is 0 Å². The number of carbonyl (C=O) groups excluding carboxylic acids is 1. The number of hydrogen-bond donors (Lipinski definition) is 0. The summed E-state index contributed by atoms with van der Waals surface area (Å²) in [5.74, 6) is -0.987.